The Morgan fingerprint density at radius 1 is 1.88 bits per heavy atom. The molecule has 1 aliphatic rings. The zero-order valence-electron chi connectivity index (χ0n) is 4.07. The third-order valence-electron chi connectivity index (χ3n) is 1.04. The molecule has 0 aromatic carbocycles. The summed E-state index contributed by atoms with van der Waals surface area (Å²) < 4.78 is 8.65. The highest BCUT2D eigenvalue weighted by Gasteiger charge is 2.26. The normalized spacial score (nSPS) is 25.8. The molecule has 2 heterocycles. The molecule has 1 saturated heterocycles. The summed E-state index contributed by atoms with van der Waals surface area (Å²) in [5, 5.41) is 5.74. The van der Waals surface area contributed by atoms with Gasteiger partial charge in [0.25, 0.3) is 0 Å². The molecule has 0 aliphatic carbocycles. The predicted octanol–water partition coefficient (Wildman–Crippen LogP) is 0.609. The number of nitrogens with zero attached hydrogens (tertiary/aromatic N) is 2. The Bertz CT molecular complexity index is 170. The second kappa shape index (κ2) is 1.50. The van der Waals surface area contributed by atoms with Gasteiger partial charge in [0.05, 0.1) is 6.61 Å². The molecule has 0 saturated carbocycles. The second-order valence-corrected chi connectivity index (χ2v) is 2.26. The van der Waals surface area contributed by atoms with Crippen molar-refractivity contribution in [3.63, 3.8) is 0 Å². The summed E-state index contributed by atoms with van der Waals surface area (Å²) in [4.78, 5) is 0. The molecule has 1 aromatic rings. The number of hydrogen-bond donors (Lipinski definition) is 0. The molecule has 0 bridgehead atoms. The molecule has 8 heavy (non-hydrogen) atoms. The average Bonchev–Trinajstić information content (AvgIpc) is 2.49. The van der Waals surface area contributed by atoms with Gasteiger partial charge in [0, 0.05) is 5.38 Å². The molecule has 1 aliphatic heterocycles. The first-order chi connectivity index (χ1) is 3.97. The van der Waals surface area contributed by atoms with E-state index in [1.165, 1.54) is 11.5 Å². The molecular weight excluding hydrogens is 124 g/mol. The lowest BCUT2D eigenvalue weighted by Crippen LogP contribution is -1.77. The average molecular weight is 128 g/mol. The Hall–Kier alpha value is -0.480. The second-order valence-electron chi connectivity index (χ2n) is 1.65. The summed E-state index contributed by atoms with van der Waals surface area (Å²) in [6.07, 6.45) is 0.272. The van der Waals surface area contributed by atoms with Crippen molar-refractivity contribution in [1.82, 2.24) is 9.59 Å². The number of rotatable bonds is 1. The molecule has 2 rings (SSSR count). The van der Waals surface area contributed by atoms with Crippen LogP contribution >= 0.6 is 11.5 Å². The van der Waals surface area contributed by atoms with Gasteiger partial charge >= 0.3 is 0 Å². The minimum absolute atomic E-state index is 0.272. The summed E-state index contributed by atoms with van der Waals surface area (Å²) in [6, 6.07) is 0. The lowest BCUT2D eigenvalue weighted by atomic mass is 10.4. The van der Waals surface area contributed by atoms with Crippen molar-refractivity contribution in [3.05, 3.63) is 11.1 Å². The van der Waals surface area contributed by atoms with E-state index in [-0.39, 0.29) is 6.10 Å². The lowest BCUT2D eigenvalue weighted by molar-refractivity contribution is 0.411. The largest absolute Gasteiger partial charge is 0.366 e. The van der Waals surface area contributed by atoms with Gasteiger partial charge < -0.3 is 4.74 Å². The van der Waals surface area contributed by atoms with Crippen LogP contribution < -0.4 is 0 Å². The van der Waals surface area contributed by atoms with Crippen LogP contribution in [0.4, 0.5) is 0 Å². The van der Waals surface area contributed by atoms with E-state index in [1.807, 2.05) is 5.38 Å². The highest BCUT2D eigenvalue weighted by molar-refractivity contribution is 7.03. The van der Waals surface area contributed by atoms with E-state index < -0.39 is 0 Å². The van der Waals surface area contributed by atoms with Crippen LogP contribution in [-0.2, 0) is 4.74 Å². The van der Waals surface area contributed by atoms with Crippen molar-refractivity contribution in [2.24, 2.45) is 0 Å². The SMILES string of the molecule is c1snnc1[C@H]1CO1. The van der Waals surface area contributed by atoms with Gasteiger partial charge in [-0.05, 0) is 11.5 Å². The molecule has 0 radical (unpaired) electrons. The fraction of sp³-hybridized carbons (Fsp3) is 0.500. The van der Waals surface area contributed by atoms with Crippen LogP contribution in [0.2, 0.25) is 0 Å². The number of hydrogen-bond acceptors (Lipinski definition) is 4. The van der Waals surface area contributed by atoms with E-state index >= 15 is 0 Å². The molecule has 1 atom stereocenters. The van der Waals surface area contributed by atoms with Crippen molar-refractivity contribution < 1.29 is 4.74 Å². The maximum Gasteiger partial charge on any atom is 0.126 e. The maximum atomic E-state index is 4.96. The number of ether oxygens (including phenoxy) is 1. The van der Waals surface area contributed by atoms with Crippen molar-refractivity contribution in [2.45, 2.75) is 6.10 Å². The first-order valence-corrected chi connectivity index (χ1v) is 3.19. The van der Waals surface area contributed by atoms with Gasteiger partial charge in [0.1, 0.15) is 11.8 Å². The Morgan fingerprint density at radius 2 is 2.75 bits per heavy atom. The monoisotopic (exact) mass is 128 g/mol. The third kappa shape index (κ3) is 0.617. The summed E-state index contributed by atoms with van der Waals surface area (Å²) in [6.45, 7) is 0.825. The van der Waals surface area contributed by atoms with Crippen molar-refractivity contribution in [1.29, 1.82) is 0 Å². The summed E-state index contributed by atoms with van der Waals surface area (Å²) >= 11 is 1.37. The third-order valence-corrected chi connectivity index (χ3v) is 1.56. The van der Waals surface area contributed by atoms with Crippen LogP contribution in [0.25, 0.3) is 0 Å². The Morgan fingerprint density at radius 3 is 3.25 bits per heavy atom. The van der Waals surface area contributed by atoms with E-state index in [9.17, 15) is 0 Å². The van der Waals surface area contributed by atoms with E-state index in [4.69, 9.17) is 4.74 Å². The van der Waals surface area contributed by atoms with Gasteiger partial charge in [-0.1, -0.05) is 4.49 Å². The van der Waals surface area contributed by atoms with Crippen LogP contribution in [0.5, 0.6) is 0 Å². The van der Waals surface area contributed by atoms with Gasteiger partial charge in [-0.2, -0.15) is 0 Å². The minimum atomic E-state index is 0.272. The van der Waals surface area contributed by atoms with E-state index in [2.05, 4.69) is 9.59 Å². The molecule has 1 fully saturated rings. The van der Waals surface area contributed by atoms with Gasteiger partial charge in [-0.3, -0.25) is 0 Å². The topological polar surface area (TPSA) is 38.3 Å². The van der Waals surface area contributed by atoms with Crippen LogP contribution in [0.15, 0.2) is 5.38 Å². The lowest BCUT2D eigenvalue weighted by Gasteiger charge is -1.75. The van der Waals surface area contributed by atoms with Crippen LogP contribution in [0.3, 0.4) is 0 Å². The molecule has 0 N–H and O–H groups in total. The fourth-order valence-corrected chi connectivity index (χ4v) is 1.03. The van der Waals surface area contributed by atoms with Gasteiger partial charge in [-0.25, -0.2) is 0 Å². The number of epoxide rings is 1. The van der Waals surface area contributed by atoms with Crippen LogP contribution in [0, 0.1) is 0 Å². The summed E-state index contributed by atoms with van der Waals surface area (Å²) in [5.41, 5.74) is 0.981. The zero-order chi connectivity index (χ0) is 5.40. The van der Waals surface area contributed by atoms with E-state index in [0.29, 0.717) is 0 Å². The Kier molecular flexibility index (Phi) is 0.824. The Labute approximate surface area is 50.5 Å². The van der Waals surface area contributed by atoms with E-state index in [0.717, 1.165) is 12.3 Å². The highest BCUT2D eigenvalue weighted by Crippen LogP contribution is 2.27. The molecular formula is C4H4N2OS. The fourth-order valence-electron chi connectivity index (χ4n) is 0.531. The van der Waals surface area contributed by atoms with Crippen molar-refractivity contribution >= 4 is 11.5 Å². The predicted molar refractivity (Wildman–Crippen MR) is 28.6 cm³/mol. The molecule has 4 heteroatoms. The molecule has 1 aromatic heterocycles. The molecule has 0 amide bonds. The van der Waals surface area contributed by atoms with Gasteiger partial charge in [0.2, 0.25) is 0 Å². The number of aromatic nitrogens is 2. The Balaban J connectivity index is 2.28. The van der Waals surface area contributed by atoms with Crippen molar-refractivity contribution in [2.75, 3.05) is 6.61 Å². The van der Waals surface area contributed by atoms with Crippen LogP contribution in [-0.4, -0.2) is 16.2 Å². The zero-order valence-corrected chi connectivity index (χ0v) is 4.89. The standard InChI is InChI=1S/C4H4N2OS/c1-4(7-1)3-2-8-6-5-3/h2,4H,1H2/t4-/m1/s1. The summed E-state index contributed by atoms with van der Waals surface area (Å²) in [5.74, 6) is 0. The highest BCUT2D eigenvalue weighted by atomic mass is 32.1. The maximum absolute atomic E-state index is 4.96. The molecule has 3 nitrogen and oxygen atoms in total. The van der Waals surface area contributed by atoms with Crippen LogP contribution in [0.1, 0.15) is 11.8 Å². The molecule has 42 valence electrons. The first-order valence-electron chi connectivity index (χ1n) is 2.35. The van der Waals surface area contributed by atoms with E-state index in [1.54, 1.807) is 0 Å². The molecule has 0 spiro atoms. The van der Waals surface area contributed by atoms with Crippen molar-refractivity contribution in [3.8, 4) is 0 Å². The van der Waals surface area contributed by atoms with Gasteiger partial charge in [-0.15, -0.1) is 5.10 Å². The quantitative estimate of drug-likeness (QED) is 0.520. The summed E-state index contributed by atoms with van der Waals surface area (Å²) in [7, 11) is 0. The first kappa shape index (κ1) is 4.40. The minimum Gasteiger partial charge on any atom is -0.366 e. The van der Waals surface area contributed by atoms with Gasteiger partial charge in [0.15, 0.2) is 0 Å². The smallest absolute Gasteiger partial charge is 0.126 e. The molecule has 0 unspecified atom stereocenters.